The molecule has 3 N–H and O–H groups in total. The van der Waals surface area contributed by atoms with E-state index in [1.807, 2.05) is 20.8 Å². The van der Waals surface area contributed by atoms with Crippen LogP contribution in [0.4, 0.5) is 0 Å². The summed E-state index contributed by atoms with van der Waals surface area (Å²) >= 11 is 0.929. The molecule has 20 heavy (non-hydrogen) atoms. The fourth-order valence-corrected chi connectivity index (χ4v) is 2.38. The van der Waals surface area contributed by atoms with E-state index in [-0.39, 0.29) is 33.5 Å². The number of H-pyrrole nitrogens is 1. The van der Waals surface area contributed by atoms with Crippen molar-refractivity contribution in [3.8, 4) is 0 Å². The lowest BCUT2D eigenvalue weighted by molar-refractivity contribution is -0.119. The fraction of sp³-hybridized carbons (Fsp3) is 0.500. The summed E-state index contributed by atoms with van der Waals surface area (Å²) in [6.07, 6.45) is 0. The maximum absolute atomic E-state index is 11.7. The first kappa shape index (κ1) is 16.2. The van der Waals surface area contributed by atoms with Crippen LogP contribution < -0.4 is 11.0 Å². The Bertz CT molecular complexity index is 589. The topological polar surface area (TPSA) is 112 Å². The van der Waals surface area contributed by atoms with Gasteiger partial charge in [-0.25, -0.2) is 9.59 Å². The Labute approximate surface area is 120 Å². The monoisotopic (exact) mass is 299 g/mol. The minimum absolute atomic E-state index is 0.00650. The fourth-order valence-electron chi connectivity index (χ4n) is 1.50. The van der Waals surface area contributed by atoms with E-state index in [4.69, 9.17) is 5.11 Å². The molecule has 0 radical (unpaired) electrons. The molecule has 110 valence electrons. The summed E-state index contributed by atoms with van der Waals surface area (Å²) in [7, 11) is 0. The van der Waals surface area contributed by atoms with Crippen molar-refractivity contribution < 1.29 is 14.7 Å². The van der Waals surface area contributed by atoms with Gasteiger partial charge < -0.3 is 15.4 Å². The first-order valence-corrected chi connectivity index (χ1v) is 6.87. The van der Waals surface area contributed by atoms with Gasteiger partial charge in [-0.1, -0.05) is 11.8 Å². The number of carboxylic acids is 1. The van der Waals surface area contributed by atoms with Crippen molar-refractivity contribution in [2.75, 3.05) is 5.75 Å². The molecule has 0 aliphatic rings. The predicted octanol–water partition coefficient (Wildman–Crippen LogP) is 0.783. The maximum atomic E-state index is 11.7. The van der Waals surface area contributed by atoms with E-state index in [1.165, 1.54) is 6.92 Å². The van der Waals surface area contributed by atoms with Crippen molar-refractivity contribution in [1.29, 1.82) is 0 Å². The van der Waals surface area contributed by atoms with Crippen LogP contribution in [0.25, 0.3) is 0 Å². The summed E-state index contributed by atoms with van der Waals surface area (Å²) in [5, 5.41) is 11.9. The van der Waals surface area contributed by atoms with Crippen molar-refractivity contribution in [2.24, 2.45) is 0 Å². The van der Waals surface area contributed by atoms with Gasteiger partial charge in [0.05, 0.1) is 5.75 Å². The number of aryl methyl sites for hydroxylation is 1. The molecule has 0 bridgehead atoms. The third-order valence-corrected chi connectivity index (χ3v) is 3.13. The lowest BCUT2D eigenvalue weighted by Crippen LogP contribution is -2.41. The highest BCUT2D eigenvalue weighted by Gasteiger charge is 2.19. The van der Waals surface area contributed by atoms with E-state index in [1.54, 1.807) is 0 Å². The van der Waals surface area contributed by atoms with Crippen LogP contribution in [-0.2, 0) is 4.79 Å². The van der Waals surface area contributed by atoms with Crippen LogP contribution in [0, 0.1) is 6.92 Å². The van der Waals surface area contributed by atoms with Crippen molar-refractivity contribution >= 4 is 23.6 Å². The molecule has 0 atom stereocenters. The maximum Gasteiger partial charge on any atom is 0.346 e. The van der Waals surface area contributed by atoms with Gasteiger partial charge >= 0.3 is 11.7 Å². The molecular weight excluding hydrogens is 282 g/mol. The standard InChI is InChI=1S/C12H17N3O4S/c1-6-8(10(17)18)9(14-11(19)13-6)20-5-7(16)15-12(2,3)4/h5H2,1-4H3,(H,15,16)(H,17,18)(H,13,14,19). The summed E-state index contributed by atoms with van der Waals surface area (Å²) < 4.78 is 0. The number of aromatic carboxylic acids is 1. The van der Waals surface area contributed by atoms with Crippen LogP contribution in [0.3, 0.4) is 0 Å². The first-order chi connectivity index (χ1) is 9.10. The van der Waals surface area contributed by atoms with Crippen LogP contribution in [-0.4, -0.2) is 38.2 Å². The Kier molecular flexibility index (Phi) is 4.93. The zero-order valence-electron chi connectivity index (χ0n) is 11.7. The second-order valence-electron chi connectivity index (χ2n) is 5.24. The number of nitrogens with zero attached hydrogens (tertiary/aromatic N) is 1. The molecule has 0 aliphatic carbocycles. The number of nitrogens with one attached hydrogen (secondary N) is 2. The van der Waals surface area contributed by atoms with Crippen LogP contribution in [0.5, 0.6) is 0 Å². The van der Waals surface area contributed by atoms with Crippen LogP contribution in [0.15, 0.2) is 9.82 Å². The molecule has 7 nitrogen and oxygen atoms in total. The third-order valence-electron chi connectivity index (χ3n) is 2.15. The molecule has 0 saturated carbocycles. The largest absolute Gasteiger partial charge is 0.478 e. The van der Waals surface area contributed by atoms with Gasteiger partial charge in [0.2, 0.25) is 5.91 Å². The molecule has 0 aromatic carbocycles. The molecule has 1 aromatic rings. The Morgan fingerprint density at radius 2 is 2.00 bits per heavy atom. The zero-order chi connectivity index (χ0) is 15.5. The van der Waals surface area contributed by atoms with Crippen molar-refractivity contribution in [1.82, 2.24) is 15.3 Å². The summed E-state index contributed by atoms with van der Waals surface area (Å²) in [5.41, 5.74) is -0.870. The summed E-state index contributed by atoms with van der Waals surface area (Å²) in [6, 6.07) is 0. The molecular formula is C12H17N3O4S. The van der Waals surface area contributed by atoms with Crippen LogP contribution in [0.1, 0.15) is 36.8 Å². The highest BCUT2D eigenvalue weighted by atomic mass is 32.2. The number of rotatable bonds is 4. The van der Waals surface area contributed by atoms with Gasteiger partial charge in [-0.3, -0.25) is 4.79 Å². The van der Waals surface area contributed by atoms with Crippen molar-refractivity contribution in [2.45, 2.75) is 38.3 Å². The number of amides is 1. The van der Waals surface area contributed by atoms with Gasteiger partial charge in [0.25, 0.3) is 0 Å². The molecule has 0 unspecified atom stereocenters. The zero-order valence-corrected chi connectivity index (χ0v) is 12.6. The quantitative estimate of drug-likeness (QED) is 0.559. The number of hydrogen-bond acceptors (Lipinski definition) is 5. The Morgan fingerprint density at radius 3 is 2.50 bits per heavy atom. The van der Waals surface area contributed by atoms with Crippen molar-refractivity contribution in [3.63, 3.8) is 0 Å². The molecule has 8 heteroatoms. The molecule has 1 heterocycles. The highest BCUT2D eigenvalue weighted by Crippen LogP contribution is 2.20. The number of carbonyl (C=O) groups excluding carboxylic acids is 1. The molecule has 1 aromatic heterocycles. The molecule has 0 saturated heterocycles. The van der Waals surface area contributed by atoms with Gasteiger partial charge in [-0.15, -0.1) is 0 Å². The molecule has 0 fully saturated rings. The number of carboxylic acid groups (broad SMARTS) is 1. The Balaban J connectivity index is 2.90. The van der Waals surface area contributed by atoms with E-state index < -0.39 is 11.7 Å². The van der Waals surface area contributed by atoms with Gasteiger partial charge in [0.15, 0.2) is 0 Å². The number of thioether (sulfide) groups is 1. The van der Waals surface area contributed by atoms with Gasteiger partial charge in [-0.05, 0) is 27.7 Å². The first-order valence-electron chi connectivity index (χ1n) is 5.88. The normalized spacial score (nSPS) is 11.2. The third kappa shape index (κ3) is 4.69. The molecule has 0 spiro atoms. The Hall–Kier alpha value is -1.83. The second kappa shape index (κ2) is 6.08. The van der Waals surface area contributed by atoms with Crippen LogP contribution in [0.2, 0.25) is 0 Å². The average molecular weight is 299 g/mol. The number of aromatic amines is 1. The van der Waals surface area contributed by atoms with Gasteiger partial charge in [-0.2, -0.15) is 4.98 Å². The lowest BCUT2D eigenvalue weighted by atomic mass is 10.1. The number of hydrogen-bond donors (Lipinski definition) is 3. The van der Waals surface area contributed by atoms with E-state index in [0.717, 1.165) is 11.8 Å². The van der Waals surface area contributed by atoms with E-state index >= 15 is 0 Å². The van der Waals surface area contributed by atoms with Gasteiger partial charge in [0, 0.05) is 11.2 Å². The van der Waals surface area contributed by atoms with Crippen molar-refractivity contribution in [3.05, 3.63) is 21.7 Å². The van der Waals surface area contributed by atoms with E-state index in [0.29, 0.717) is 0 Å². The summed E-state index contributed by atoms with van der Waals surface area (Å²) in [5.74, 6) is -1.45. The molecule has 0 aliphatic heterocycles. The summed E-state index contributed by atoms with van der Waals surface area (Å²) in [4.78, 5) is 40.1. The SMILES string of the molecule is Cc1[nH]c(=O)nc(SCC(=O)NC(C)(C)C)c1C(=O)O. The minimum Gasteiger partial charge on any atom is -0.478 e. The van der Waals surface area contributed by atoms with Crippen LogP contribution >= 0.6 is 11.8 Å². The average Bonchev–Trinajstić information content (AvgIpc) is 2.22. The van der Waals surface area contributed by atoms with E-state index in [2.05, 4.69) is 15.3 Å². The van der Waals surface area contributed by atoms with Gasteiger partial charge in [0.1, 0.15) is 10.6 Å². The number of carbonyl (C=O) groups is 2. The molecule has 1 amide bonds. The number of aromatic nitrogens is 2. The summed E-state index contributed by atoms with van der Waals surface area (Å²) in [6.45, 7) is 7.00. The lowest BCUT2D eigenvalue weighted by Gasteiger charge is -2.20. The minimum atomic E-state index is -1.19. The highest BCUT2D eigenvalue weighted by molar-refractivity contribution is 8.00. The Morgan fingerprint density at radius 1 is 1.40 bits per heavy atom. The molecule has 1 rings (SSSR count). The second-order valence-corrected chi connectivity index (χ2v) is 6.20. The smallest absolute Gasteiger partial charge is 0.346 e. The van der Waals surface area contributed by atoms with E-state index in [9.17, 15) is 14.4 Å². The predicted molar refractivity (Wildman–Crippen MR) is 75.2 cm³/mol.